The Morgan fingerprint density at radius 3 is 3.05 bits per heavy atom. The van der Waals surface area contributed by atoms with E-state index in [4.69, 9.17) is 12.2 Å². The van der Waals surface area contributed by atoms with Gasteiger partial charge in [0.2, 0.25) is 0 Å². The van der Waals surface area contributed by atoms with Crippen LogP contribution < -0.4 is 5.32 Å². The van der Waals surface area contributed by atoms with Crippen molar-refractivity contribution in [3.8, 4) is 0 Å². The normalized spacial score (nSPS) is 10.6. The minimum atomic E-state index is -0.551. The molecule has 0 aliphatic carbocycles. The van der Waals surface area contributed by atoms with Gasteiger partial charge in [0.05, 0.1) is 5.56 Å². The number of aromatic amines is 1. The molecule has 0 spiro atoms. The lowest BCUT2D eigenvalue weighted by molar-refractivity contribution is 0.0948. The minimum absolute atomic E-state index is 0.0101. The number of amides is 1. The highest BCUT2D eigenvalue weighted by Crippen LogP contribution is 2.15. The molecule has 112 valence electrons. The van der Waals surface area contributed by atoms with E-state index in [0.29, 0.717) is 22.3 Å². The van der Waals surface area contributed by atoms with Crippen LogP contribution in [-0.2, 0) is 13.0 Å². The van der Waals surface area contributed by atoms with Crippen LogP contribution in [0.15, 0.2) is 22.7 Å². The number of nitrogens with one attached hydrogen (secondary N) is 2. The Morgan fingerprint density at radius 1 is 1.57 bits per heavy atom. The van der Waals surface area contributed by atoms with Crippen LogP contribution in [-0.4, -0.2) is 27.2 Å². The van der Waals surface area contributed by atoms with Crippen molar-refractivity contribution in [2.75, 3.05) is 6.54 Å². The first-order chi connectivity index (χ1) is 10.0. The lowest BCUT2D eigenvalue weighted by Crippen LogP contribution is -2.28. The first kappa shape index (κ1) is 15.8. The number of carbonyl (C=O) groups is 1. The summed E-state index contributed by atoms with van der Waals surface area (Å²) in [6.45, 7) is 2.79. The van der Waals surface area contributed by atoms with Crippen LogP contribution in [0.4, 0.5) is 4.39 Å². The van der Waals surface area contributed by atoms with E-state index in [1.165, 1.54) is 12.1 Å². The van der Waals surface area contributed by atoms with Crippen LogP contribution in [0, 0.1) is 10.6 Å². The van der Waals surface area contributed by atoms with E-state index >= 15 is 0 Å². The SMILES string of the molecule is CCc1n[nH]c(=S)n1CCNC(=O)c1cc(Br)ccc1F. The molecule has 1 amide bonds. The fourth-order valence-corrected chi connectivity index (χ4v) is 2.50. The van der Waals surface area contributed by atoms with Gasteiger partial charge in [-0.2, -0.15) is 5.10 Å². The van der Waals surface area contributed by atoms with Gasteiger partial charge in [-0.05, 0) is 30.4 Å². The van der Waals surface area contributed by atoms with Crippen molar-refractivity contribution >= 4 is 34.1 Å². The molecule has 5 nitrogen and oxygen atoms in total. The quantitative estimate of drug-likeness (QED) is 0.793. The van der Waals surface area contributed by atoms with E-state index in [1.807, 2.05) is 11.5 Å². The predicted octanol–water partition coefficient (Wildman–Crippen LogP) is 2.83. The van der Waals surface area contributed by atoms with Crippen LogP contribution in [0.25, 0.3) is 0 Å². The summed E-state index contributed by atoms with van der Waals surface area (Å²) in [6.07, 6.45) is 0.737. The summed E-state index contributed by atoms with van der Waals surface area (Å²) in [5.41, 5.74) is 0.0101. The Balaban J connectivity index is 2.00. The largest absolute Gasteiger partial charge is 0.350 e. The van der Waals surface area contributed by atoms with Gasteiger partial charge in [0.15, 0.2) is 4.77 Å². The third-order valence-electron chi connectivity index (χ3n) is 2.95. The van der Waals surface area contributed by atoms with Crippen molar-refractivity contribution in [3.63, 3.8) is 0 Å². The van der Waals surface area contributed by atoms with E-state index in [0.717, 1.165) is 12.2 Å². The van der Waals surface area contributed by atoms with Crippen molar-refractivity contribution in [1.82, 2.24) is 20.1 Å². The van der Waals surface area contributed by atoms with Crippen molar-refractivity contribution in [3.05, 3.63) is 44.6 Å². The highest BCUT2D eigenvalue weighted by atomic mass is 79.9. The summed E-state index contributed by atoms with van der Waals surface area (Å²) in [4.78, 5) is 12.0. The number of benzene rings is 1. The predicted molar refractivity (Wildman–Crippen MR) is 83.2 cm³/mol. The number of H-pyrrole nitrogens is 1. The first-order valence-corrected chi connectivity index (χ1v) is 7.60. The topological polar surface area (TPSA) is 62.7 Å². The Morgan fingerprint density at radius 2 is 2.33 bits per heavy atom. The number of aryl methyl sites for hydroxylation is 1. The molecule has 2 N–H and O–H groups in total. The van der Waals surface area contributed by atoms with Crippen molar-refractivity contribution in [1.29, 1.82) is 0 Å². The molecule has 0 aliphatic heterocycles. The summed E-state index contributed by atoms with van der Waals surface area (Å²) in [6, 6.07) is 4.25. The number of halogens is 2. The van der Waals surface area contributed by atoms with Gasteiger partial charge in [-0.25, -0.2) is 4.39 Å². The summed E-state index contributed by atoms with van der Waals surface area (Å²) in [5, 5.41) is 9.47. The number of hydrogen-bond donors (Lipinski definition) is 2. The van der Waals surface area contributed by atoms with Crippen LogP contribution >= 0.6 is 28.1 Å². The Labute approximate surface area is 134 Å². The van der Waals surface area contributed by atoms with Crippen molar-refractivity contribution in [2.45, 2.75) is 19.9 Å². The molecule has 0 saturated carbocycles. The molecule has 0 fully saturated rings. The van der Waals surface area contributed by atoms with Gasteiger partial charge in [0.1, 0.15) is 11.6 Å². The van der Waals surface area contributed by atoms with E-state index < -0.39 is 11.7 Å². The highest BCUT2D eigenvalue weighted by Gasteiger charge is 2.12. The van der Waals surface area contributed by atoms with Gasteiger partial charge in [0, 0.05) is 24.0 Å². The Hall–Kier alpha value is -1.54. The molecule has 21 heavy (non-hydrogen) atoms. The number of nitrogens with zero attached hydrogens (tertiary/aromatic N) is 2. The fourth-order valence-electron chi connectivity index (χ4n) is 1.90. The van der Waals surface area contributed by atoms with E-state index in [9.17, 15) is 9.18 Å². The van der Waals surface area contributed by atoms with Gasteiger partial charge in [0.25, 0.3) is 5.91 Å². The molecule has 0 saturated heterocycles. The standard InChI is InChI=1S/C13H14BrFN4OS/c1-2-11-17-18-13(21)19(11)6-5-16-12(20)9-7-8(14)3-4-10(9)15/h3-4,7H,2,5-6H2,1H3,(H,16,20)(H,18,21). The molecule has 1 aromatic carbocycles. The molecule has 8 heteroatoms. The van der Waals surface area contributed by atoms with E-state index in [-0.39, 0.29) is 5.56 Å². The maximum absolute atomic E-state index is 13.6. The third kappa shape index (κ3) is 3.76. The monoisotopic (exact) mass is 372 g/mol. The van der Waals surface area contributed by atoms with Crippen LogP contribution in [0.3, 0.4) is 0 Å². The van der Waals surface area contributed by atoms with Crippen molar-refractivity contribution in [2.24, 2.45) is 0 Å². The van der Waals surface area contributed by atoms with Crippen LogP contribution in [0.1, 0.15) is 23.1 Å². The molecule has 2 aromatic rings. The van der Waals surface area contributed by atoms with Gasteiger partial charge in [-0.1, -0.05) is 22.9 Å². The summed E-state index contributed by atoms with van der Waals surface area (Å²) in [5.74, 6) is -0.186. The number of carbonyl (C=O) groups excluding carboxylic acids is 1. The smallest absolute Gasteiger partial charge is 0.254 e. The Bertz CT molecular complexity index is 712. The summed E-state index contributed by atoms with van der Waals surface area (Å²) in [7, 11) is 0. The van der Waals surface area contributed by atoms with Gasteiger partial charge in [-0.3, -0.25) is 9.89 Å². The number of aromatic nitrogens is 3. The molecular formula is C13H14BrFN4OS. The molecular weight excluding hydrogens is 359 g/mol. The van der Waals surface area contributed by atoms with Crippen LogP contribution in [0.2, 0.25) is 0 Å². The molecule has 0 radical (unpaired) electrons. The average molecular weight is 373 g/mol. The molecule has 1 heterocycles. The maximum atomic E-state index is 13.6. The zero-order chi connectivity index (χ0) is 15.4. The van der Waals surface area contributed by atoms with Crippen LogP contribution in [0.5, 0.6) is 0 Å². The second-order valence-electron chi connectivity index (χ2n) is 4.33. The lowest BCUT2D eigenvalue weighted by atomic mass is 10.2. The second-order valence-corrected chi connectivity index (χ2v) is 5.63. The maximum Gasteiger partial charge on any atom is 0.254 e. The average Bonchev–Trinajstić information content (AvgIpc) is 2.82. The number of hydrogen-bond acceptors (Lipinski definition) is 3. The molecule has 0 bridgehead atoms. The Kier molecular flexibility index (Phi) is 5.24. The van der Waals surface area contributed by atoms with Gasteiger partial charge >= 0.3 is 0 Å². The molecule has 0 atom stereocenters. The van der Waals surface area contributed by atoms with Gasteiger partial charge < -0.3 is 9.88 Å². The van der Waals surface area contributed by atoms with E-state index in [1.54, 1.807) is 6.07 Å². The second kappa shape index (κ2) is 6.95. The number of rotatable bonds is 5. The molecule has 1 aromatic heterocycles. The fraction of sp³-hybridized carbons (Fsp3) is 0.308. The lowest BCUT2D eigenvalue weighted by Gasteiger charge is -2.08. The van der Waals surface area contributed by atoms with E-state index in [2.05, 4.69) is 31.4 Å². The highest BCUT2D eigenvalue weighted by molar-refractivity contribution is 9.10. The molecule has 2 rings (SSSR count). The zero-order valence-electron chi connectivity index (χ0n) is 11.3. The molecule has 0 unspecified atom stereocenters. The zero-order valence-corrected chi connectivity index (χ0v) is 13.7. The first-order valence-electron chi connectivity index (χ1n) is 6.40. The van der Waals surface area contributed by atoms with Crippen molar-refractivity contribution < 1.29 is 9.18 Å². The van der Waals surface area contributed by atoms with Gasteiger partial charge in [-0.15, -0.1) is 0 Å². The summed E-state index contributed by atoms with van der Waals surface area (Å²) < 4.78 is 16.6. The minimum Gasteiger partial charge on any atom is -0.350 e. The summed E-state index contributed by atoms with van der Waals surface area (Å²) >= 11 is 8.33. The third-order valence-corrected chi connectivity index (χ3v) is 3.75. The molecule has 0 aliphatic rings.